The van der Waals surface area contributed by atoms with Crippen LogP contribution in [0.1, 0.15) is 11.1 Å². The first-order valence-corrected chi connectivity index (χ1v) is 7.06. The minimum Gasteiger partial charge on any atom is -0.345 e. The van der Waals surface area contributed by atoms with Crippen molar-refractivity contribution in [1.82, 2.24) is 4.98 Å². The maximum atomic E-state index is 12.2. The summed E-state index contributed by atoms with van der Waals surface area (Å²) in [6.07, 6.45) is 1.46. The Kier molecular flexibility index (Phi) is 4.90. The van der Waals surface area contributed by atoms with Gasteiger partial charge in [0.2, 0.25) is 11.7 Å². The van der Waals surface area contributed by atoms with E-state index in [0.29, 0.717) is 0 Å². The molecule has 0 radical (unpaired) electrons. The van der Waals surface area contributed by atoms with Gasteiger partial charge in [-0.2, -0.15) is 0 Å². The average molecular weight is 314 g/mol. The van der Waals surface area contributed by atoms with Gasteiger partial charge in [0, 0.05) is 25.0 Å². The van der Waals surface area contributed by atoms with Crippen LogP contribution in [0.15, 0.2) is 36.5 Å². The number of pyridine rings is 1. The fourth-order valence-corrected chi connectivity index (χ4v) is 2.31. The lowest BCUT2D eigenvalue weighted by molar-refractivity contribution is -0.384. The Bertz CT molecular complexity index is 726. The Morgan fingerprint density at radius 3 is 2.52 bits per heavy atom. The number of carbonyl (C=O) groups excluding carboxylic acids is 1. The summed E-state index contributed by atoms with van der Waals surface area (Å²) < 4.78 is 0. The van der Waals surface area contributed by atoms with Crippen molar-refractivity contribution in [3.05, 3.63) is 57.8 Å². The molecule has 1 heterocycles. The molecule has 0 fully saturated rings. The summed E-state index contributed by atoms with van der Waals surface area (Å²) in [4.78, 5) is 28.2. The van der Waals surface area contributed by atoms with Gasteiger partial charge in [-0.1, -0.05) is 18.2 Å². The molecule has 0 atom stereocenters. The van der Waals surface area contributed by atoms with Crippen LogP contribution in [0.4, 0.5) is 17.2 Å². The van der Waals surface area contributed by atoms with Gasteiger partial charge in [0.05, 0.1) is 11.5 Å². The van der Waals surface area contributed by atoms with Crippen LogP contribution >= 0.6 is 0 Å². The van der Waals surface area contributed by atoms with Crippen molar-refractivity contribution in [3.63, 3.8) is 0 Å². The van der Waals surface area contributed by atoms with Crippen molar-refractivity contribution in [2.75, 3.05) is 23.8 Å². The van der Waals surface area contributed by atoms with E-state index in [1.54, 1.807) is 7.05 Å². The smallest absolute Gasteiger partial charge is 0.311 e. The van der Waals surface area contributed by atoms with Gasteiger partial charge in [-0.25, -0.2) is 4.98 Å². The first kappa shape index (κ1) is 16.4. The van der Waals surface area contributed by atoms with E-state index in [9.17, 15) is 14.9 Å². The molecule has 0 bridgehead atoms. The first-order chi connectivity index (χ1) is 10.9. The molecular formula is C16H18N4O3. The van der Waals surface area contributed by atoms with Crippen molar-refractivity contribution < 1.29 is 9.72 Å². The summed E-state index contributed by atoms with van der Waals surface area (Å²) in [5.74, 6) is -0.0981. The number of aryl methyl sites for hydroxylation is 2. The average Bonchev–Trinajstić information content (AvgIpc) is 2.51. The molecule has 2 aromatic rings. The van der Waals surface area contributed by atoms with E-state index >= 15 is 0 Å². The quantitative estimate of drug-likeness (QED) is 0.677. The second-order valence-corrected chi connectivity index (χ2v) is 5.27. The zero-order valence-electron chi connectivity index (χ0n) is 13.2. The molecule has 0 aliphatic heterocycles. The Labute approximate surface area is 134 Å². The summed E-state index contributed by atoms with van der Waals surface area (Å²) in [7, 11) is 1.60. The fraction of sp³-hybridized carbons (Fsp3) is 0.250. The van der Waals surface area contributed by atoms with Crippen molar-refractivity contribution in [2.24, 2.45) is 0 Å². The number of nitrogens with zero attached hydrogens (tertiary/aromatic N) is 3. The van der Waals surface area contributed by atoms with Crippen LogP contribution in [0.25, 0.3) is 0 Å². The predicted octanol–water partition coefficient (Wildman–Crippen LogP) is 2.68. The van der Waals surface area contributed by atoms with Gasteiger partial charge in [-0.05, 0) is 31.0 Å². The van der Waals surface area contributed by atoms with Crippen molar-refractivity contribution in [3.8, 4) is 0 Å². The van der Waals surface area contributed by atoms with Crippen LogP contribution in [0.5, 0.6) is 0 Å². The van der Waals surface area contributed by atoms with Gasteiger partial charge in [0.25, 0.3) is 0 Å². The van der Waals surface area contributed by atoms with Gasteiger partial charge in [-0.3, -0.25) is 14.9 Å². The molecule has 0 unspecified atom stereocenters. The highest BCUT2D eigenvalue weighted by Crippen LogP contribution is 2.24. The topological polar surface area (TPSA) is 88.4 Å². The molecule has 1 aromatic heterocycles. The Balaban J connectivity index is 2.13. The molecule has 0 spiro atoms. The summed E-state index contributed by atoms with van der Waals surface area (Å²) in [6, 6.07) is 8.60. The molecule has 7 nitrogen and oxygen atoms in total. The van der Waals surface area contributed by atoms with Crippen molar-refractivity contribution >= 4 is 23.1 Å². The molecule has 1 N–H and O–H groups in total. The van der Waals surface area contributed by atoms with E-state index in [1.807, 2.05) is 32.0 Å². The third-order valence-corrected chi connectivity index (χ3v) is 3.45. The number of nitro groups is 1. The lowest BCUT2D eigenvalue weighted by Crippen LogP contribution is -2.31. The van der Waals surface area contributed by atoms with Crippen LogP contribution in [0.2, 0.25) is 0 Å². The zero-order chi connectivity index (χ0) is 17.0. The first-order valence-electron chi connectivity index (χ1n) is 7.06. The second-order valence-electron chi connectivity index (χ2n) is 5.27. The molecule has 2 rings (SSSR count). The third kappa shape index (κ3) is 3.82. The fourth-order valence-electron chi connectivity index (χ4n) is 2.31. The van der Waals surface area contributed by atoms with E-state index in [4.69, 9.17) is 0 Å². The number of para-hydroxylation sites is 1. The molecule has 120 valence electrons. The molecule has 0 aliphatic carbocycles. The molecule has 0 saturated carbocycles. The number of nitrogens with one attached hydrogen (secondary N) is 1. The molecule has 0 aliphatic rings. The second kappa shape index (κ2) is 6.87. The lowest BCUT2D eigenvalue weighted by atomic mass is 10.1. The number of anilines is 2. The Hall–Kier alpha value is -2.96. The van der Waals surface area contributed by atoms with Crippen LogP contribution < -0.4 is 10.2 Å². The summed E-state index contributed by atoms with van der Waals surface area (Å²) in [6.45, 7) is 3.79. The molecule has 23 heavy (non-hydrogen) atoms. The van der Waals surface area contributed by atoms with Crippen LogP contribution in [-0.2, 0) is 4.79 Å². The number of aromatic nitrogens is 1. The monoisotopic (exact) mass is 314 g/mol. The van der Waals surface area contributed by atoms with E-state index in [-0.39, 0.29) is 24.0 Å². The Morgan fingerprint density at radius 2 is 1.91 bits per heavy atom. The van der Waals surface area contributed by atoms with Crippen LogP contribution in [-0.4, -0.2) is 29.4 Å². The van der Waals surface area contributed by atoms with Gasteiger partial charge in [0.15, 0.2) is 0 Å². The number of hydrogen-bond acceptors (Lipinski definition) is 5. The largest absolute Gasteiger partial charge is 0.345 e. The lowest BCUT2D eigenvalue weighted by Gasteiger charge is -2.18. The molecule has 0 saturated heterocycles. The standard InChI is InChI=1S/C16H18N4O3/c1-11-6-4-7-12(2)15(11)18-14(21)10-19(3)16-13(20(22)23)8-5-9-17-16/h4-9H,10H2,1-3H3,(H,18,21). The van der Waals surface area contributed by atoms with Gasteiger partial charge in [0.1, 0.15) is 0 Å². The van der Waals surface area contributed by atoms with E-state index in [2.05, 4.69) is 10.3 Å². The Morgan fingerprint density at radius 1 is 1.26 bits per heavy atom. The number of hydrogen-bond donors (Lipinski definition) is 1. The van der Waals surface area contributed by atoms with Gasteiger partial charge in [-0.15, -0.1) is 0 Å². The van der Waals surface area contributed by atoms with Crippen molar-refractivity contribution in [2.45, 2.75) is 13.8 Å². The summed E-state index contributed by atoms with van der Waals surface area (Å²) >= 11 is 0. The number of carbonyl (C=O) groups is 1. The normalized spacial score (nSPS) is 10.2. The maximum absolute atomic E-state index is 12.2. The highest BCUT2D eigenvalue weighted by molar-refractivity contribution is 5.95. The van der Waals surface area contributed by atoms with E-state index < -0.39 is 4.92 Å². The number of benzene rings is 1. The number of likely N-dealkylation sites (N-methyl/N-ethyl adjacent to an activating group) is 1. The van der Waals surface area contributed by atoms with Crippen molar-refractivity contribution in [1.29, 1.82) is 0 Å². The van der Waals surface area contributed by atoms with Crippen LogP contribution in [0, 0.1) is 24.0 Å². The minimum atomic E-state index is -0.512. The van der Waals surface area contributed by atoms with Gasteiger partial charge >= 0.3 is 5.69 Å². The highest BCUT2D eigenvalue weighted by Gasteiger charge is 2.20. The van der Waals surface area contributed by atoms with Crippen LogP contribution in [0.3, 0.4) is 0 Å². The third-order valence-electron chi connectivity index (χ3n) is 3.45. The number of rotatable bonds is 5. The molecule has 1 amide bonds. The zero-order valence-corrected chi connectivity index (χ0v) is 13.2. The number of amides is 1. The SMILES string of the molecule is Cc1cccc(C)c1NC(=O)CN(C)c1ncccc1[N+](=O)[O-]. The molecular weight excluding hydrogens is 296 g/mol. The highest BCUT2D eigenvalue weighted by atomic mass is 16.6. The summed E-state index contributed by atoms with van der Waals surface area (Å²) in [5, 5.41) is 13.9. The molecule has 1 aromatic carbocycles. The summed E-state index contributed by atoms with van der Waals surface area (Å²) in [5.41, 5.74) is 2.56. The predicted molar refractivity (Wildman–Crippen MR) is 88.7 cm³/mol. The molecule has 7 heteroatoms. The van der Waals surface area contributed by atoms with E-state index in [1.165, 1.54) is 23.2 Å². The maximum Gasteiger partial charge on any atom is 0.311 e. The minimum absolute atomic E-state index is 0.0361. The van der Waals surface area contributed by atoms with E-state index in [0.717, 1.165) is 16.8 Å². The van der Waals surface area contributed by atoms with Gasteiger partial charge < -0.3 is 10.2 Å².